The summed E-state index contributed by atoms with van der Waals surface area (Å²) >= 11 is 0. The van der Waals surface area contributed by atoms with Gasteiger partial charge in [-0.15, -0.1) is 0 Å². The molecule has 2 aromatic heterocycles. The average Bonchev–Trinajstić information content (AvgIpc) is 2.85. The predicted molar refractivity (Wildman–Crippen MR) is 121 cm³/mol. The van der Waals surface area contributed by atoms with Gasteiger partial charge in [-0.25, -0.2) is 14.4 Å². The highest BCUT2D eigenvalue weighted by atomic mass is 19.1. The van der Waals surface area contributed by atoms with Crippen LogP contribution in [0, 0.1) is 5.82 Å². The molecule has 0 saturated carbocycles. The molecule has 0 aliphatic carbocycles. The van der Waals surface area contributed by atoms with Crippen molar-refractivity contribution in [1.29, 1.82) is 0 Å². The van der Waals surface area contributed by atoms with Gasteiger partial charge in [-0.3, -0.25) is 4.98 Å². The number of ether oxygens (including phenoxy) is 1. The Morgan fingerprint density at radius 1 is 1.09 bits per heavy atom. The van der Waals surface area contributed by atoms with Crippen molar-refractivity contribution in [3.63, 3.8) is 0 Å². The number of halogens is 1. The summed E-state index contributed by atoms with van der Waals surface area (Å²) in [6.45, 7) is 2.03. The first-order chi connectivity index (χ1) is 15.7. The number of rotatable bonds is 5. The number of benzene rings is 2. The topological polar surface area (TPSA) is 83.4 Å². The van der Waals surface area contributed by atoms with E-state index in [0.717, 1.165) is 23.3 Å². The van der Waals surface area contributed by atoms with Gasteiger partial charge in [0.05, 0.1) is 36.1 Å². The highest BCUT2D eigenvalue weighted by Crippen LogP contribution is 2.30. The molecular weight excluding hydrogens is 409 g/mol. The Hall–Kier alpha value is -3.62. The normalized spacial score (nSPS) is 16.3. The second-order valence-corrected chi connectivity index (χ2v) is 7.56. The molecule has 0 amide bonds. The molecule has 7 nitrogen and oxygen atoms in total. The molecule has 1 fully saturated rings. The molecule has 3 heterocycles. The van der Waals surface area contributed by atoms with Crippen molar-refractivity contribution in [2.24, 2.45) is 0 Å². The molecule has 2 aromatic carbocycles. The van der Waals surface area contributed by atoms with E-state index in [1.54, 1.807) is 30.6 Å². The Bertz CT molecular complexity index is 1220. The van der Waals surface area contributed by atoms with Gasteiger partial charge in [-0.1, -0.05) is 6.07 Å². The Kier molecular flexibility index (Phi) is 5.62. The van der Waals surface area contributed by atoms with Crippen molar-refractivity contribution in [3.05, 3.63) is 72.8 Å². The van der Waals surface area contributed by atoms with Crippen LogP contribution >= 0.6 is 0 Å². The number of aliphatic hydroxyl groups excluding tert-OH is 1. The molecule has 4 aromatic rings. The molecule has 1 aliphatic heterocycles. The Labute approximate surface area is 184 Å². The number of morpholine rings is 1. The van der Waals surface area contributed by atoms with Crippen LogP contribution in [0.25, 0.3) is 22.2 Å². The summed E-state index contributed by atoms with van der Waals surface area (Å²) in [5, 5.41) is 13.3. The third kappa shape index (κ3) is 4.10. The fourth-order valence-corrected chi connectivity index (χ4v) is 3.84. The van der Waals surface area contributed by atoms with Crippen LogP contribution in [0.4, 0.5) is 21.7 Å². The van der Waals surface area contributed by atoms with Gasteiger partial charge < -0.3 is 20.1 Å². The third-order valence-electron chi connectivity index (χ3n) is 5.45. The first-order valence-corrected chi connectivity index (χ1v) is 10.4. The van der Waals surface area contributed by atoms with Crippen LogP contribution in [-0.4, -0.2) is 52.5 Å². The molecule has 1 aliphatic rings. The lowest BCUT2D eigenvalue weighted by molar-refractivity contribution is 0.00357. The quantitative estimate of drug-likeness (QED) is 0.498. The van der Waals surface area contributed by atoms with Crippen LogP contribution in [0.15, 0.2) is 67.0 Å². The maximum absolute atomic E-state index is 14.7. The van der Waals surface area contributed by atoms with E-state index >= 15 is 0 Å². The van der Waals surface area contributed by atoms with Gasteiger partial charge in [0.2, 0.25) is 5.95 Å². The highest BCUT2D eigenvalue weighted by Gasteiger charge is 2.20. The molecule has 0 radical (unpaired) electrons. The molecule has 5 rings (SSSR count). The molecule has 1 unspecified atom stereocenters. The molecule has 8 heteroatoms. The van der Waals surface area contributed by atoms with E-state index in [-0.39, 0.29) is 18.5 Å². The third-order valence-corrected chi connectivity index (χ3v) is 5.45. The largest absolute Gasteiger partial charge is 0.394 e. The van der Waals surface area contributed by atoms with Gasteiger partial charge in [0, 0.05) is 42.2 Å². The average molecular weight is 431 g/mol. The van der Waals surface area contributed by atoms with Gasteiger partial charge >= 0.3 is 0 Å². The summed E-state index contributed by atoms with van der Waals surface area (Å²) in [5.41, 5.74) is 3.25. The van der Waals surface area contributed by atoms with Crippen molar-refractivity contribution in [2.75, 3.05) is 36.5 Å². The van der Waals surface area contributed by atoms with Crippen LogP contribution in [0.5, 0.6) is 0 Å². The molecule has 1 atom stereocenters. The molecule has 0 bridgehead atoms. The lowest BCUT2D eigenvalue weighted by atomic mass is 10.1. The Morgan fingerprint density at radius 3 is 2.75 bits per heavy atom. The molecule has 2 N–H and O–H groups in total. The minimum atomic E-state index is -0.378. The standard InChI is InChI=1S/C24H22FN5O2/c25-20-9-4-16-13-27-24(29-23(16)22(20)21-3-1-2-10-26-21)28-17-5-7-18(8-6-17)30-11-12-32-19(14-30)15-31/h1-10,13,19,31H,11-12,14-15H2,(H,27,28,29). The minimum Gasteiger partial charge on any atom is -0.394 e. The number of aliphatic hydroxyl groups is 1. The summed E-state index contributed by atoms with van der Waals surface area (Å²) < 4.78 is 20.2. The Morgan fingerprint density at radius 2 is 1.97 bits per heavy atom. The van der Waals surface area contributed by atoms with Crippen LogP contribution < -0.4 is 10.2 Å². The van der Waals surface area contributed by atoms with E-state index in [2.05, 4.69) is 25.2 Å². The monoisotopic (exact) mass is 431 g/mol. The van der Waals surface area contributed by atoms with E-state index < -0.39 is 0 Å². The summed E-state index contributed by atoms with van der Waals surface area (Å²) in [7, 11) is 0. The van der Waals surface area contributed by atoms with Crippen molar-refractivity contribution in [3.8, 4) is 11.3 Å². The van der Waals surface area contributed by atoms with Crippen LogP contribution in [0.1, 0.15) is 0 Å². The molecule has 162 valence electrons. The number of nitrogens with one attached hydrogen (secondary N) is 1. The first kappa shape index (κ1) is 20.3. The van der Waals surface area contributed by atoms with Gasteiger partial charge in [0.15, 0.2) is 0 Å². The Balaban J connectivity index is 1.41. The number of pyridine rings is 1. The number of nitrogens with zero attached hydrogens (tertiary/aromatic N) is 4. The van der Waals surface area contributed by atoms with Crippen LogP contribution in [0.3, 0.4) is 0 Å². The number of hydrogen-bond donors (Lipinski definition) is 2. The van der Waals surface area contributed by atoms with E-state index in [0.29, 0.717) is 35.9 Å². The smallest absolute Gasteiger partial charge is 0.227 e. The predicted octanol–water partition coefficient (Wildman–Crippen LogP) is 3.77. The van der Waals surface area contributed by atoms with Crippen molar-refractivity contribution in [1.82, 2.24) is 15.0 Å². The molecular formula is C24H22FN5O2. The molecule has 32 heavy (non-hydrogen) atoms. The maximum Gasteiger partial charge on any atom is 0.227 e. The minimum absolute atomic E-state index is 0.0104. The van der Waals surface area contributed by atoms with Gasteiger partial charge in [0.1, 0.15) is 5.82 Å². The fraction of sp³-hybridized carbons (Fsp3) is 0.208. The number of anilines is 3. The zero-order valence-corrected chi connectivity index (χ0v) is 17.3. The van der Waals surface area contributed by atoms with Gasteiger partial charge in [-0.05, 0) is 48.5 Å². The first-order valence-electron chi connectivity index (χ1n) is 10.4. The summed E-state index contributed by atoms with van der Waals surface area (Å²) in [6.07, 6.45) is 3.14. The fourth-order valence-electron chi connectivity index (χ4n) is 3.84. The van der Waals surface area contributed by atoms with Crippen molar-refractivity contribution >= 4 is 28.2 Å². The van der Waals surface area contributed by atoms with Crippen molar-refractivity contribution < 1.29 is 14.2 Å². The highest BCUT2D eigenvalue weighted by molar-refractivity contribution is 5.93. The van der Waals surface area contributed by atoms with Gasteiger partial charge in [0.25, 0.3) is 0 Å². The lowest BCUT2D eigenvalue weighted by Gasteiger charge is -2.33. The second-order valence-electron chi connectivity index (χ2n) is 7.56. The van der Waals surface area contributed by atoms with E-state index in [9.17, 15) is 9.50 Å². The number of aromatic nitrogens is 3. The maximum atomic E-state index is 14.7. The second kappa shape index (κ2) is 8.86. The summed E-state index contributed by atoms with van der Waals surface area (Å²) in [6, 6.07) is 16.3. The van der Waals surface area contributed by atoms with E-state index in [1.807, 2.05) is 30.3 Å². The number of hydrogen-bond acceptors (Lipinski definition) is 7. The molecule has 0 spiro atoms. The van der Waals surface area contributed by atoms with Gasteiger partial charge in [-0.2, -0.15) is 0 Å². The van der Waals surface area contributed by atoms with Crippen LogP contribution in [0.2, 0.25) is 0 Å². The molecule has 1 saturated heterocycles. The SMILES string of the molecule is OCC1CN(c2ccc(Nc3ncc4ccc(F)c(-c5ccccn5)c4n3)cc2)CCO1. The summed E-state index contributed by atoms with van der Waals surface area (Å²) in [4.78, 5) is 15.4. The van der Waals surface area contributed by atoms with Crippen molar-refractivity contribution in [2.45, 2.75) is 6.10 Å². The lowest BCUT2D eigenvalue weighted by Crippen LogP contribution is -2.44. The summed E-state index contributed by atoms with van der Waals surface area (Å²) in [5.74, 6) is -0.00311. The van der Waals surface area contributed by atoms with Crippen LogP contribution in [-0.2, 0) is 4.74 Å². The number of fused-ring (bicyclic) bond motifs is 1. The van der Waals surface area contributed by atoms with E-state index in [4.69, 9.17) is 4.74 Å². The van der Waals surface area contributed by atoms with E-state index in [1.165, 1.54) is 6.07 Å². The zero-order valence-electron chi connectivity index (χ0n) is 17.3. The zero-order chi connectivity index (χ0) is 21.9.